The number of para-hydroxylation sites is 1. The second-order valence-electron chi connectivity index (χ2n) is 5.78. The second-order valence-corrected chi connectivity index (χ2v) is 5.78. The standard InChI is InChI=1S/C20H20O2/c21-20(14-5-2-6-15-20)16-13-17-9-11-19(12-10-17)22-18-7-3-1-4-8-18/h1,3-4,7-12,21H,2,5-6,14-15H2. The van der Waals surface area contributed by atoms with Crippen molar-refractivity contribution in [3.63, 3.8) is 0 Å². The van der Waals surface area contributed by atoms with Crippen LogP contribution in [0.25, 0.3) is 0 Å². The lowest BCUT2D eigenvalue weighted by Gasteiger charge is -2.26. The Morgan fingerprint density at radius 1 is 0.818 bits per heavy atom. The Balaban J connectivity index is 1.67. The molecule has 0 aliphatic heterocycles. The average molecular weight is 292 g/mol. The molecule has 2 nitrogen and oxygen atoms in total. The summed E-state index contributed by atoms with van der Waals surface area (Å²) in [5, 5.41) is 10.4. The summed E-state index contributed by atoms with van der Waals surface area (Å²) in [5.41, 5.74) is 0.108. The Kier molecular flexibility index (Phi) is 4.46. The van der Waals surface area contributed by atoms with Gasteiger partial charge in [0.05, 0.1) is 0 Å². The van der Waals surface area contributed by atoms with Gasteiger partial charge in [0.25, 0.3) is 0 Å². The van der Waals surface area contributed by atoms with E-state index in [4.69, 9.17) is 4.74 Å². The summed E-state index contributed by atoms with van der Waals surface area (Å²) in [7, 11) is 0. The molecule has 3 rings (SSSR count). The number of benzene rings is 2. The highest BCUT2D eigenvalue weighted by Crippen LogP contribution is 2.27. The summed E-state index contributed by atoms with van der Waals surface area (Å²) < 4.78 is 5.75. The second kappa shape index (κ2) is 6.68. The lowest BCUT2D eigenvalue weighted by Crippen LogP contribution is -2.29. The predicted molar refractivity (Wildman–Crippen MR) is 87.9 cm³/mol. The highest BCUT2D eigenvalue weighted by Gasteiger charge is 2.26. The Morgan fingerprint density at radius 3 is 2.14 bits per heavy atom. The molecule has 1 N–H and O–H groups in total. The fraction of sp³-hybridized carbons (Fsp3) is 0.300. The van der Waals surface area contributed by atoms with Gasteiger partial charge in [0.1, 0.15) is 17.1 Å². The van der Waals surface area contributed by atoms with Gasteiger partial charge in [0.2, 0.25) is 0 Å². The average Bonchev–Trinajstić information content (AvgIpc) is 2.56. The third kappa shape index (κ3) is 3.90. The third-order valence-corrected chi connectivity index (χ3v) is 3.95. The van der Waals surface area contributed by atoms with E-state index in [-0.39, 0.29) is 0 Å². The van der Waals surface area contributed by atoms with Crippen LogP contribution in [-0.4, -0.2) is 10.7 Å². The molecule has 0 spiro atoms. The molecule has 0 unspecified atom stereocenters. The molecule has 1 aliphatic carbocycles. The van der Waals surface area contributed by atoms with Crippen LogP contribution in [0.4, 0.5) is 0 Å². The van der Waals surface area contributed by atoms with Gasteiger partial charge in [-0.05, 0) is 62.1 Å². The molecular formula is C20H20O2. The summed E-state index contributed by atoms with van der Waals surface area (Å²) in [6, 6.07) is 17.4. The molecule has 0 amide bonds. The van der Waals surface area contributed by atoms with Crippen LogP contribution < -0.4 is 4.74 Å². The van der Waals surface area contributed by atoms with Crippen molar-refractivity contribution in [2.45, 2.75) is 37.7 Å². The fourth-order valence-electron chi connectivity index (χ4n) is 2.68. The zero-order valence-corrected chi connectivity index (χ0v) is 12.6. The zero-order valence-electron chi connectivity index (χ0n) is 12.6. The minimum atomic E-state index is -0.794. The van der Waals surface area contributed by atoms with Gasteiger partial charge in [-0.15, -0.1) is 0 Å². The largest absolute Gasteiger partial charge is 0.457 e. The van der Waals surface area contributed by atoms with Crippen LogP contribution in [0, 0.1) is 11.8 Å². The first kappa shape index (κ1) is 14.7. The number of hydrogen-bond acceptors (Lipinski definition) is 2. The lowest BCUT2D eigenvalue weighted by molar-refractivity contribution is 0.0610. The van der Waals surface area contributed by atoms with Crippen molar-refractivity contribution < 1.29 is 9.84 Å². The maximum Gasteiger partial charge on any atom is 0.127 e. The van der Waals surface area contributed by atoms with Crippen molar-refractivity contribution in [2.24, 2.45) is 0 Å². The maximum absolute atomic E-state index is 10.4. The summed E-state index contributed by atoms with van der Waals surface area (Å²) in [6.07, 6.45) is 4.91. The van der Waals surface area contributed by atoms with Crippen LogP contribution in [-0.2, 0) is 0 Å². The molecule has 2 heteroatoms. The first-order valence-electron chi connectivity index (χ1n) is 7.82. The van der Waals surface area contributed by atoms with Crippen LogP contribution in [0.3, 0.4) is 0 Å². The summed E-state index contributed by atoms with van der Waals surface area (Å²) in [4.78, 5) is 0. The first-order valence-corrected chi connectivity index (χ1v) is 7.82. The summed E-state index contributed by atoms with van der Waals surface area (Å²) in [5.74, 6) is 7.74. The molecule has 0 radical (unpaired) electrons. The van der Waals surface area contributed by atoms with Gasteiger partial charge in [-0.25, -0.2) is 0 Å². The van der Waals surface area contributed by atoms with E-state index in [1.54, 1.807) is 0 Å². The minimum Gasteiger partial charge on any atom is -0.457 e. The number of rotatable bonds is 2. The SMILES string of the molecule is OC1(C#Cc2ccc(Oc3ccccc3)cc2)CCCCC1. The van der Waals surface area contributed by atoms with Gasteiger partial charge in [-0.1, -0.05) is 36.5 Å². The molecular weight excluding hydrogens is 272 g/mol. The van der Waals surface area contributed by atoms with Crippen LogP contribution in [0.2, 0.25) is 0 Å². The predicted octanol–water partition coefficient (Wildman–Crippen LogP) is 4.53. The van der Waals surface area contributed by atoms with Crippen LogP contribution in [0.5, 0.6) is 11.5 Å². The van der Waals surface area contributed by atoms with E-state index in [0.29, 0.717) is 0 Å². The molecule has 22 heavy (non-hydrogen) atoms. The molecule has 0 aromatic heterocycles. The molecule has 0 atom stereocenters. The monoisotopic (exact) mass is 292 g/mol. The highest BCUT2D eigenvalue weighted by molar-refractivity contribution is 5.41. The zero-order chi connectivity index (χ0) is 15.3. The summed E-state index contributed by atoms with van der Waals surface area (Å²) in [6.45, 7) is 0. The van der Waals surface area contributed by atoms with E-state index < -0.39 is 5.60 Å². The van der Waals surface area contributed by atoms with E-state index in [2.05, 4.69) is 11.8 Å². The number of aliphatic hydroxyl groups is 1. The molecule has 0 saturated heterocycles. The third-order valence-electron chi connectivity index (χ3n) is 3.95. The van der Waals surface area contributed by atoms with Crippen molar-refractivity contribution in [3.8, 4) is 23.3 Å². The minimum absolute atomic E-state index is 0.785. The smallest absolute Gasteiger partial charge is 0.127 e. The van der Waals surface area contributed by atoms with Gasteiger partial charge in [0, 0.05) is 5.56 Å². The van der Waals surface area contributed by atoms with E-state index in [1.807, 2.05) is 54.6 Å². The van der Waals surface area contributed by atoms with E-state index in [0.717, 1.165) is 42.7 Å². The van der Waals surface area contributed by atoms with Crippen molar-refractivity contribution in [2.75, 3.05) is 0 Å². The van der Waals surface area contributed by atoms with Crippen LogP contribution in [0.1, 0.15) is 37.7 Å². The molecule has 1 aliphatic rings. The highest BCUT2D eigenvalue weighted by atomic mass is 16.5. The fourth-order valence-corrected chi connectivity index (χ4v) is 2.68. The number of hydrogen-bond donors (Lipinski definition) is 1. The Bertz CT molecular complexity index is 656. The molecule has 1 fully saturated rings. The van der Waals surface area contributed by atoms with Gasteiger partial charge < -0.3 is 9.84 Å². The van der Waals surface area contributed by atoms with E-state index in [9.17, 15) is 5.11 Å². The van der Waals surface area contributed by atoms with E-state index in [1.165, 1.54) is 6.42 Å². The molecule has 0 heterocycles. The lowest BCUT2D eigenvalue weighted by atomic mass is 9.85. The van der Waals surface area contributed by atoms with Gasteiger partial charge >= 0.3 is 0 Å². The van der Waals surface area contributed by atoms with Crippen LogP contribution >= 0.6 is 0 Å². The van der Waals surface area contributed by atoms with Crippen molar-refractivity contribution >= 4 is 0 Å². The topological polar surface area (TPSA) is 29.5 Å². The molecule has 112 valence electrons. The van der Waals surface area contributed by atoms with E-state index >= 15 is 0 Å². The normalized spacial score (nSPS) is 16.4. The molecule has 0 bridgehead atoms. The Hall–Kier alpha value is -2.24. The van der Waals surface area contributed by atoms with Crippen LogP contribution in [0.15, 0.2) is 54.6 Å². The van der Waals surface area contributed by atoms with Crippen molar-refractivity contribution in [3.05, 3.63) is 60.2 Å². The summed E-state index contributed by atoms with van der Waals surface area (Å²) >= 11 is 0. The van der Waals surface area contributed by atoms with Crippen molar-refractivity contribution in [1.82, 2.24) is 0 Å². The maximum atomic E-state index is 10.4. The molecule has 2 aromatic carbocycles. The Labute approximate surface area is 131 Å². The van der Waals surface area contributed by atoms with Gasteiger partial charge in [-0.2, -0.15) is 0 Å². The molecule has 2 aromatic rings. The van der Waals surface area contributed by atoms with Gasteiger partial charge in [0.15, 0.2) is 0 Å². The quantitative estimate of drug-likeness (QED) is 0.824. The Morgan fingerprint density at radius 2 is 1.45 bits per heavy atom. The molecule has 1 saturated carbocycles. The number of ether oxygens (including phenoxy) is 1. The van der Waals surface area contributed by atoms with Crippen molar-refractivity contribution in [1.29, 1.82) is 0 Å². The van der Waals surface area contributed by atoms with Gasteiger partial charge in [-0.3, -0.25) is 0 Å². The first-order chi connectivity index (χ1) is 10.7.